The highest BCUT2D eigenvalue weighted by molar-refractivity contribution is 6.33. The Morgan fingerprint density at radius 2 is 2.03 bits per heavy atom. The number of para-hydroxylation sites is 1. The molecule has 2 N–H and O–H groups in total. The summed E-state index contributed by atoms with van der Waals surface area (Å²) in [6.07, 6.45) is 2.82. The minimum atomic E-state index is -0.476. The first-order valence-corrected chi connectivity index (χ1v) is 10.9. The fourth-order valence-corrected chi connectivity index (χ4v) is 3.82. The molecule has 0 fully saturated rings. The molecule has 0 radical (unpaired) electrons. The van der Waals surface area contributed by atoms with Gasteiger partial charge in [0.1, 0.15) is 30.3 Å². The third-order valence-corrected chi connectivity index (χ3v) is 5.77. The molecule has 1 amide bonds. The lowest BCUT2D eigenvalue weighted by Gasteiger charge is -2.17. The van der Waals surface area contributed by atoms with Gasteiger partial charge in [0, 0.05) is 61.3 Å². The lowest BCUT2D eigenvalue weighted by molar-refractivity contribution is 0.111. The fourth-order valence-electron chi connectivity index (χ4n) is 3.59. The number of hydrogen-bond acceptors (Lipinski definition) is 7. The van der Waals surface area contributed by atoms with Crippen molar-refractivity contribution in [1.82, 2.24) is 24.6 Å². The molecule has 4 aromatic rings. The van der Waals surface area contributed by atoms with Gasteiger partial charge in [0.05, 0.1) is 10.7 Å². The number of amides is 1. The number of aryl methyl sites for hydroxylation is 2. The van der Waals surface area contributed by atoms with Crippen LogP contribution in [0.4, 0.5) is 10.6 Å². The first-order valence-electron chi connectivity index (χ1n) is 10.5. The molecule has 4 rings (SSSR count). The summed E-state index contributed by atoms with van der Waals surface area (Å²) in [5, 5.41) is 5.49. The number of ether oxygens (including phenoxy) is 2. The van der Waals surface area contributed by atoms with E-state index in [0.717, 1.165) is 27.9 Å². The van der Waals surface area contributed by atoms with Gasteiger partial charge in [-0.2, -0.15) is 5.10 Å². The summed E-state index contributed by atoms with van der Waals surface area (Å²) in [6, 6.07) is 9.76. The summed E-state index contributed by atoms with van der Waals surface area (Å²) in [4.78, 5) is 22.0. The lowest BCUT2D eigenvalue weighted by atomic mass is 10.0. The van der Waals surface area contributed by atoms with Crippen LogP contribution in [-0.4, -0.2) is 44.8 Å². The molecule has 1 aromatic carbocycles. The molecular formula is C24H25ClN6O3. The van der Waals surface area contributed by atoms with Gasteiger partial charge in [-0.1, -0.05) is 23.7 Å². The Bertz CT molecular complexity index is 1370. The van der Waals surface area contributed by atoms with Crippen molar-refractivity contribution in [2.75, 3.05) is 19.8 Å². The number of pyridine rings is 2. The van der Waals surface area contributed by atoms with Crippen molar-refractivity contribution in [3.05, 3.63) is 64.6 Å². The highest BCUT2D eigenvalue weighted by Gasteiger charge is 2.17. The Balaban J connectivity index is 1.68. The van der Waals surface area contributed by atoms with Gasteiger partial charge in [-0.25, -0.2) is 14.8 Å². The van der Waals surface area contributed by atoms with Crippen LogP contribution in [0.5, 0.6) is 5.75 Å². The van der Waals surface area contributed by atoms with Crippen molar-refractivity contribution < 1.29 is 14.3 Å². The largest absolute Gasteiger partial charge is 0.487 e. The van der Waals surface area contributed by atoms with Gasteiger partial charge in [0.2, 0.25) is 0 Å². The van der Waals surface area contributed by atoms with E-state index in [0.29, 0.717) is 16.9 Å². The lowest BCUT2D eigenvalue weighted by Crippen LogP contribution is -2.23. The highest BCUT2D eigenvalue weighted by Crippen LogP contribution is 2.34. The van der Waals surface area contributed by atoms with Crippen LogP contribution in [0.3, 0.4) is 0 Å². The van der Waals surface area contributed by atoms with Gasteiger partial charge in [0.25, 0.3) is 0 Å². The van der Waals surface area contributed by atoms with E-state index in [1.165, 1.54) is 11.1 Å². The molecule has 0 aliphatic rings. The van der Waals surface area contributed by atoms with E-state index in [1.807, 2.05) is 49.0 Å². The van der Waals surface area contributed by atoms with Crippen LogP contribution >= 0.6 is 11.6 Å². The standard InChI is InChI=1S/C24H25ClN6O3/c1-14-10-17(19-8-9-28-31(19)4)16-6-5-7-20(22(16)29-14)33-13-18-15(11-27-23(26)21(18)25)12-34-24(32)30(2)3/h5-11H,12-13H2,1-4H3,(H2,26,27). The van der Waals surface area contributed by atoms with E-state index in [9.17, 15) is 4.79 Å². The van der Waals surface area contributed by atoms with E-state index < -0.39 is 6.09 Å². The van der Waals surface area contributed by atoms with Crippen LogP contribution in [-0.2, 0) is 25.0 Å². The Morgan fingerprint density at radius 1 is 1.24 bits per heavy atom. The van der Waals surface area contributed by atoms with Gasteiger partial charge >= 0.3 is 6.09 Å². The minimum Gasteiger partial charge on any atom is -0.487 e. The smallest absolute Gasteiger partial charge is 0.409 e. The number of rotatable bonds is 6. The minimum absolute atomic E-state index is 0.0137. The summed E-state index contributed by atoms with van der Waals surface area (Å²) in [5.74, 6) is 0.764. The molecule has 0 atom stereocenters. The summed E-state index contributed by atoms with van der Waals surface area (Å²) in [7, 11) is 5.11. The van der Waals surface area contributed by atoms with Crippen LogP contribution in [0.1, 0.15) is 16.8 Å². The first-order chi connectivity index (χ1) is 16.3. The predicted molar refractivity (Wildman–Crippen MR) is 131 cm³/mol. The van der Waals surface area contributed by atoms with Crippen molar-refractivity contribution in [1.29, 1.82) is 0 Å². The maximum absolute atomic E-state index is 11.9. The summed E-state index contributed by atoms with van der Waals surface area (Å²) >= 11 is 6.45. The van der Waals surface area contributed by atoms with Crippen molar-refractivity contribution in [2.45, 2.75) is 20.1 Å². The maximum atomic E-state index is 11.9. The van der Waals surface area contributed by atoms with E-state index in [4.69, 9.17) is 31.8 Å². The van der Waals surface area contributed by atoms with Crippen molar-refractivity contribution in [3.63, 3.8) is 0 Å². The number of carbonyl (C=O) groups excluding carboxylic acids is 1. The van der Waals surface area contributed by atoms with E-state index in [-0.39, 0.29) is 24.1 Å². The number of aromatic nitrogens is 4. The van der Waals surface area contributed by atoms with E-state index in [2.05, 4.69) is 10.1 Å². The molecule has 0 saturated heterocycles. The Hall–Kier alpha value is -3.85. The highest BCUT2D eigenvalue weighted by atomic mass is 35.5. The Morgan fingerprint density at radius 3 is 2.74 bits per heavy atom. The van der Waals surface area contributed by atoms with Crippen LogP contribution < -0.4 is 10.5 Å². The molecule has 0 unspecified atom stereocenters. The molecule has 176 valence electrons. The zero-order valence-corrected chi connectivity index (χ0v) is 20.1. The van der Waals surface area contributed by atoms with E-state index in [1.54, 1.807) is 20.3 Å². The number of benzene rings is 1. The molecule has 3 heterocycles. The van der Waals surface area contributed by atoms with E-state index >= 15 is 0 Å². The van der Waals surface area contributed by atoms with Gasteiger partial charge in [-0.15, -0.1) is 0 Å². The average molecular weight is 481 g/mol. The number of anilines is 1. The third kappa shape index (κ3) is 4.60. The quantitative estimate of drug-likeness (QED) is 0.437. The van der Waals surface area contributed by atoms with Crippen LogP contribution in [0.2, 0.25) is 5.02 Å². The molecule has 0 aliphatic carbocycles. The second kappa shape index (κ2) is 9.56. The summed E-state index contributed by atoms with van der Waals surface area (Å²) in [5.41, 5.74) is 10.7. The molecule has 0 saturated carbocycles. The molecule has 0 spiro atoms. The van der Waals surface area contributed by atoms with Crippen molar-refractivity contribution in [3.8, 4) is 17.0 Å². The Kier molecular flexibility index (Phi) is 6.56. The van der Waals surface area contributed by atoms with Crippen molar-refractivity contribution in [2.24, 2.45) is 7.05 Å². The molecule has 10 heteroatoms. The van der Waals surface area contributed by atoms with Crippen LogP contribution in [0.15, 0.2) is 42.7 Å². The number of fused-ring (bicyclic) bond motifs is 1. The van der Waals surface area contributed by atoms with Gasteiger partial charge in [0.15, 0.2) is 0 Å². The molecular weight excluding hydrogens is 456 g/mol. The molecule has 0 aliphatic heterocycles. The van der Waals surface area contributed by atoms with Crippen molar-refractivity contribution >= 4 is 34.4 Å². The average Bonchev–Trinajstić information content (AvgIpc) is 3.24. The number of nitrogens with zero attached hydrogens (tertiary/aromatic N) is 5. The zero-order chi connectivity index (χ0) is 24.4. The zero-order valence-electron chi connectivity index (χ0n) is 19.4. The number of nitrogens with two attached hydrogens (primary N) is 1. The maximum Gasteiger partial charge on any atom is 0.409 e. The topological polar surface area (TPSA) is 108 Å². The third-order valence-electron chi connectivity index (χ3n) is 5.35. The number of halogens is 1. The normalized spacial score (nSPS) is 11.0. The second-order valence-corrected chi connectivity index (χ2v) is 8.38. The summed E-state index contributed by atoms with van der Waals surface area (Å²) in [6.45, 7) is 2.02. The SMILES string of the molecule is Cc1cc(-c2ccnn2C)c2cccc(OCc3c(COC(=O)N(C)C)cnc(N)c3Cl)c2n1. The number of nitrogen functional groups attached to an aromatic ring is 1. The molecule has 9 nitrogen and oxygen atoms in total. The molecule has 34 heavy (non-hydrogen) atoms. The van der Waals surface area contributed by atoms with Gasteiger partial charge in [-0.3, -0.25) is 4.68 Å². The summed E-state index contributed by atoms with van der Waals surface area (Å²) < 4.78 is 13.3. The predicted octanol–water partition coefficient (Wildman–Crippen LogP) is 4.35. The second-order valence-electron chi connectivity index (χ2n) is 8.00. The molecule has 3 aromatic heterocycles. The molecule has 0 bridgehead atoms. The fraction of sp³-hybridized carbons (Fsp3) is 0.250. The number of hydrogen-bond donors (Lipinski definition) is 1. The van der Waals surface area contributed by atoms with Crippen LogP contribution in [0.25, 0.3) is 22.2 Å². The Labute approximate surface area is 202 Å². The van der Waals surface area contributed by atoms with Gasteiger partial charge < -0.3 is 20.1 Å². The monoisotopic (exact) mass is 480 g/mol. The van der Waals surface area contributed by atoms with Crippen LogP contribution in [0, 0.1) is 6.92 Å². The first kappa shape index (κ1) is 23.3. The van der Waals surface area contributed by atoms with Gasteiger partial charge in [-0.05, 0) is 25.1 Å². The number of carbonyl (C=O) groups is 1.